The number of rotatable bonds is 5. The molecule has 2 amide bonds. The Morgan fingerprint density at radius 2 is 1.93 bits per heavy atom. The number of nitrogens with zero attached hydrogens (tertiary/aromatic N) is 2. The second-order valence-electron chi connectivity index (χ2n) is 5.55. The van der Waals surface area contributed by atoms with Gasteiger partial charge in [0.15, 0.2) is 10.9 Å². The normalized spacial score (nSPS) is 11.1. The first-order valence-electron chi connectivity index (χ1n) is 8.00. The molecule has 0 unspecified atom stereocenters. The number of amides is 2. The van der Waals surface area contributed by atoms with E-state index < -0.39 is 24.0 Å². The predicted molar refractivity (Wildman–Crippen MR) is 99.1 cm³/mol. The Labute approximate surface area is 166 Å². The Kier molecular flexibility index (Phi) is 5.87. The lowest BCUT2D eigenvalue weighted by atomic mass is 10.3. The topological polar surface area (TPSA) is 63.7 Å². The molecule has 1 N–H and O–H groups in total. The minimum absolute atomic E-state index is 0.0879. The third kappa shape index (κ3) is 5.57. The lowest BCUT2D eigenvalue weighted by Crippen LogP contribution is -2.32. The molecule has 0 aliphatic rings. The van der Waals surface area contributed by atoms with Gasteiger partial charge < -0.3 is 9.47 Å². The summed E-state index contributed by atoms with van der Waals surface area (Å²) < 4.78 is 60.3. The van der Waals surface area contributed by atoms with Gasteiger partial charge in [0.1, 0.15) is 11.6 Å². The molecule has 3 aromatic rings. The third-order valence-electron chi connectivity index (χ3n) is 3.47. The maximum Gasteiger partial charge on any atom is 0.573 e. The standard InChI is InChI=1S/C18H13F4N3O3S/c1-25(13-7-2-3-8-14(13)28-18(20,21)22)17(26)24-16-23-10-15(29-16)27-12-6-4-5-11(19)9-12/h2-10H,1H3,(H,23,24,26). The Morgan fingerprint density at radius 1 is 1.17 bits per heavy atom. The summed E-state index contributed by atoms with van der Waals surface area (Å²) in [4.78, 5) is 17.3. The average molecular weight is 427 g/mol. The first kappa shape index (κ1) is 20.4. The molecule has 0 fully saturated rings. The van der Waals surface area contributed by atoms with Crippen LogP contribution in [0.15, 0.2) is 54.7 Å². The van der Waals surface area contributed by atoms with Crippen molar-refractivity contribution < 1.29 is 31.8 Å². The molecule has 0 saturated carbocycles. The van der Waals surface area contributed by atoms with Crippen molar-refractivity contribution >= 4 is 28.2 Å². The molecule has 1 heterocycles. The van der Waals surface area contributed by atoms with Gasteiger partial charge in [0.2, 0.25) is 5.06 Å². The van der Waals surface area contributed by atoms with E-state index in [9.17, 15) is 22.4 Å². The van der Waals surface area contributed by atoms with Crippen LogP contribution >= 0.6 is 11.3 Å². The molecule has 29 heavy (non-hydrogen) atoms. The van der Waals surface area contributed by atoms with E-state index in [0.29, 0.717) is 0 Å². The molecule has 2 aromatic carbocycles. The third-order valence-corrected chi connectivity index (χ3v) is 4.26. The lowest BCUT2D eigenvalue weighted by Gasteiger charge is -2.21. The van der Waals surface area contributed by atoms with Gasteiger partial charge in [-0.25, -0.2) is 14.2 Å². The number of benzene rings is 2. The summed E-state index contributed by atoms with van der Waals surface area (Å²) in [7, 11) is 1.28. The Morgan fingerprint density at radius 3 is 2.66 bits per heavy atom. The fourth-order valence-electron chi connectivity index (χ4n) is 2.24. The largest absolute Gasteiger partial charge is 0.573 e. The number of ether oxygens (including phenoxy) is 2. The smallest absolute Gasteiger partial charge is 0.445 e. The summed E-state index contributed by atoms with van der Waals surface area (Å²) >= 11 is 0.963. The maximum atomic E-state index is 13.2. The quantitative estimate of drug-likeness (QED) is 0.535. The summed E-state index contributed by atoms with van der Waals surface area (Å²) in [5.41, 5.74) is -0.0879. The van der Waals surface area contributed by atoms with Crippen LogP contribution in [0, 0.1) is 5.82 Å². The van der Waals surface area contributed by atoms with Gasteiger partial charge in [-0.05, 0) is 24.3 Å². The monoisotopic (exact) mass is 427 g/mol. The van der Waals surface area contributed by atoms with Crippen LogP contribution in [0.5, 0.6) is 16.6 Å². The number of carbonyl (C=O) groups is 1. The maximum absolute atomic E-state index is 13.2. The van der Waals surface area contributed by atoms with E-state index in [0.717, 1.165) is 22.3 Å². The van der Waals surface area contributed by atoms with Gasteiger partial charge in [-0.3, -0.25) is 10.2 Å². The molecule has 0 aliphatic heterocycles. The lowest BCUT2D eigenvalue weighted by molar-refractivity contribution is -0.274. The number of halogens is 4. The molecule has 6 nitrogen and oxygen atoms in total. The highest BCUT2D eigenvalue weighted by Gasteiger charge is 2.33. The van der Waals surface area contributed by atoms with E-state index in [1.165, 1.54) is 49.6 Å². The molecule has 1 aromatic heterocycles. The first-order valence-corrected chi connectivity index (χ1v) is 8.81. The molecule has 11 heteroatoms. The molecular formula is C18H13F4N3O3S. The highest BCUT2D eigenvalue weighted by atomic mass is 32.1. The number of hydrogen-bond acceptors (Lipinski definition) is 5. The van der Waals surface area contributed by atoms with Gasteiger partial charge in [-0.15, -0.1) is 13.2 Å². The zero-order valence-electron chi connectivity index (χ0n) is 14.7. The van der Waals surface area contributed by atoms with Crippen LogP contribution in [0.3, 0.4) is 0 Å². The van der Waals surface area contributed by atoms with E-state index in [1.807, 2.05) is 0 Å². The van der Waals surface area contributed by atoms with Crippen LogP contribution < -0.4 is 19.7 Å². The molecule has 0 spiro atoms. The second-order valence-corrected chi connectivity index (χ2v) is 6.54. The van der Waals surface area contributed by atoms with Crippen LogP contribution in [0.25, 0.3) is 0 Å². The van der Waals surface area contributed by atoms with Gasteiger partial charge in [0, 0.05) is 13.1 Å². The fraction of sp³-hybridized carbons (Fsp3) is 0.111. The average Bonchev–Trinajstić information content (AvgIpc) is 3.07. The van der Waals surface area contributed by atoms with E-state index in [2.05, 4.69) is 15.0 Å². The van der Waals surface area contributed by atoms with Gasteiger partial charge in [-0.2, -0.15) is 0 Å². The molecule has 3 rings (SSSR count). The summed E-state index contributed by atoms with van der Waals surface area (Å²) in [6.45, 7) is 0. The molecule has 0 atom stereocenters. The van der Waals surface area contributed by atoms with Crippen LogP contribution in [0.2, 0.25) is 0 Å². The highest BCUT2D eigenvalue weighted by Crippen LogP contribution is 2.34. The van der Waals surface area contributed by atoms with Crippen molar-refractivity contribution in [2.24, 2.45) is 0 Å². The van der Waals surface area contributed by atoms with E-state index in [4.69, 9.17) is 4.74 Å². The van der Waals surface area contributed by atoms with Crippen LogP contribution in [0.1, 0.15) is 0 Å². The first-order chi connectivity index (χ1) is 13.7. The van der Waals surface area contributed by atoms with Crippen LogP contribution in [-0.4, -0.2) is 24.4 Å². The summed E-state index contributed by atoms with van der Waals surface area (Å²) in [6, 6.07) is 9.96. The minimum atomic E-state index is -4.90. The van der Waals surface area contributed by atoms with Crippen molar-refractivity contribution in [1.29, 1.82) is 0 Å². The number of hydrogen-bond donors (Lipinski definition) is 1. The van der Waals surface area contributed by atoms with Crippen LogP contribution in [0.4, 0.5) is 33.2 Å². The summed E-state index contributed by atoms with van der Waals surface area (Å²) in [5.74, 6) is -0.740. The van der Waals surface area contributed by atoms with Crippen molar-refractivity contribution in [2.75, 3.05) is 17.3 Å². The second kappa shape index (κ2) is 8.35. The molecule has 0 aliphatic carbocycles. The zero-order chi connectivity index (χ0) is 21.0. The molecule has 0 radical (unpaired) electrons. The number of aromatic nitrogens is 1. The van der Waals surface area contributed by atoms with E-state index in [-0.39, 0.29) is 21.6 Å². The fourth-order valence-corrected chi connectivity index (χ4v) is 2.92. The minimum Gasteiger partial charge on any atom is -0.445 e. The summed E-state index contributed by atoms with van der Waals surface area (Å²) in [5, 5.41) is 2.88. The number of thiazole rings is 1. The number of alkyl halides is 3. The van der Waals surface area contributed by atoms with Crippen molar-refractivity contribution in [3.05, 3.63) is 60.5 Å². The number of nitrogens with one attached hydrogen (secondary N) is 1. The van der Waals surface area contributed by atoms with Crippen molar-refractivity contribution in [3.8, 4) is 16.6 Å². The molecular weight excluding hydrogens is 414 g/mol. The Hall–Kier alpha value is -3.34. The highest BCUT2D eigenvalue weighted by molar-refractivity contribution is 7.17. The number of urea groups is 1. The number of carbonyl (C=O) groups excluding carboxylic acids is 1. The van der Waals surface area contributed by atoms with Gasteiger partial charge in [-0.1, -0.05) is 29.5 Å². The van der Waals surface area contributed by atoms with E-state index in [1.54, 1.807) is 6.07 Å². The SMILES string of the molecule is CN(C(=O)Nc1ncc(Oc2cccc(F)c2)s1)c1ccccc1OC(F)(F)F. The molecule has 0 saturated heterocycles. The number of para-hydroxylation sites is 2. The van der Waals surface area contributed by atoms with Crippen molar-refractivity contribution in [1.82, 2.24) is 4.98 Å². The Bertz CT molecular complexity index is 1010. The van der Waals surface area contributed by atoms with Gasteiger partial charge in [0.05, 0.1) is 11.9 Å². The van der Waals surface area contributed by atoms with Gasteiger partial charge >= 0.3 is 12.4 Å². The zero-order valence-corrected chi connectivity index (χ0v) is 15.6. The summed E-state index contributed by atoms with van der Waals surface area (Å²) in [6.07, 6.45) is -3.57. The Balaban J connectivity index is 1.69. The van der Waals surface area contributed by atoms with E-state index >= 15 is 0 Å². The predicted octanol–water partition coefficient (Wildman–Crippen LogP) is 5.64. The van der Waals surface area contributed by atoms with Gasteiger partial charge in [0.25, 0.3) is 0 Å². The van der Waals surface area contributed by atoms with Crippen LogP contribution in [-0.2, 0) is 0 Å². The molecule has 152 valence electrons. The molecule has 0 bridgehead atoms. The van der Waals surface area contributed by atoms with Crippen molar-refractivity contribution in [2.45, 2.75) is 6.36 Å². The van der Waals surface area contributed by atoms with Crippen molar-refractivity contribution in [3.63, 3.8) is 0 Å². The number of anilines is 2.